The minimum atomic E-state index is 1.02. The van der Waals surface area contributed by atoms with Crippen molar-refractivity contribution in [2.75, 3.05) is 0 Å². The van der Waals surface area contributed by atoms with Gasteiger partial charge >= 0.3 is 0 Å². The van der Waals surface area contributed by atoms with Crippen molar-refractivity contribution in [3.63, 3.8) is 0 Å². The van der Waals surface area contributed by atoms with Gasteiger partial charge in [-0.3, -0.25) is 0 Å². The smallest absolute Gasteiger partial charge is 0.166 e. The monoisotopic (exact) mass is 188 g/mol. The predicted molar refractivity (Wildman–Crippen MR) is 55.4 cm³/mol. The van der Waals surface area contributed by atoms with Gasteiger partial charge in [0.2, 0.25) is 5.70 Å². The van der Waals surface area contributed by atoms with Crippen LogP contribution in [0.15, 0.2) is 54.7 Å². The van der Waals surface area contributed by atoms with Crippen LogP contribution in [-0.4, -0.2) is 0 Å². The Morgan fingerprint density at radius 2 is 1.92 bits per heavy atom. The molecule has 0 radical (unpaired) electrons. The third kappa shape index (κ3) is 1.68. The lowest BCUT2D eigenvalue weighted by Gasteiger charge is -1.94. The van der Waals surface area contributed by atoms with Crippen molar-refractivity contribution in [2.45, 2.75) is 0 Å². The van der Waals surface area contributed by atoms with Gasteiger partial charge in [-0.25, -0.2) is 0 Å². The van der Waals surface area contributed by atoms with Gasteiger partial charge in [-0.1, -0.05) is 12.1 Å². The van der Waals surface area contributed by atoms with Crippen LogP contribution < -0.4 is 4.57 Å². The first-order valence-corrected chi connectivity index (χ1v) is 4.95. The van der Waals surface area contributed by atoms with E-state index >= 15 is 0 Å². The van der Waals surface area contributed by atoms with E-state index in [1.165, 1.54) is 4.88 Å². The summed E-state index contributed by atoms with van der Waals surface area (Å²) in [4.78, 5) is 1.20. The van der Waals surface area contributed by atoms with Crippen molar-refractivity contribution in [3.8, 4) is 0 Å². The Morgan fingerprint density at radius 3 is 2.54 bits per heavy atom. The van der Waals surface area contributed by atoms with E-state index in [1.807, 2.05) is 41.2 Å². The SMILES string of the molecule is C=C(c1cccs1)[n+]1ccccc1. The molecule has 0 N–H and O–H groups in total. The van der Waals surface area contributed by atoms with Crippen molar-refractivity contribution < 1.29 is 4.57 Å². The summed E-state index contributed by atoms with van der Waals surface area (Å²) in [7, 11) is 0. The maximum absolute atomic E-state index is 4.04. The first-order valence-electron chi connectivity index (χ1n) is 4.07. The molecule has 0 aromatic carbocycles. The largest absolute Gasteiger partial charge is 0.220 e. The second kappa shape index (κ2) is 3.54. The molecule has 1 nitrogen and oxygen atoms in total. The van der Waals surface area contributed by atoms with Gasteiger partial charge in [-0.15, -0.1) is 11.3 Å². The zero-order chi connectivity index (χ0) is 9.10. The third-order valence-corrected chi connectivity index (χ3v) is 2.75. The van der Waals surface area contributed by atoms with Gasteiger partial charge < -0.3 is 0 Å². The zero-order valence-electron chi connectivity index (χ0n) is 7.18. The van der Waals surface area contributed by atoms with Crippen LogP contribution in [0.25, 0.3) is 5.70 Å². The van der Waals surface area contributed by atoms with E-state index in [9.17, 15) is 0 Å². The lowest BCUT2D eigenvalue weighted by molar-refractivity contribution is -0.578. The average Bonchev–Trinajstić information content (AvgIpc) is 2.71. The fraction of sp³-hybridized carbons (Fsp3) is 0. The number of hydrogen-bond acceptors (Lipinski definition) is 1. The molecule has 0 saturated heterocycles. The fourth-order valence-electron chi connectivity index (χ4n) is 1.15. The van der Waals surface area contributed by atoms with Gasteiger partial charge in [0.25, 0.3) is 0 Å². The van der Waals surface area contributed by atoms with E-state index in [1.54, 1.807) is 11.3 Å². The summed E-state index contributed by atoms with van der Waals surface area (Å²) in [5, 5.41) is 2.06. The number of nitrogens with zero attached hydrogens (tertiary/aromatic N) is 1. The maximum atomic E-state index is 4.04. The molecule has 2 aromatic heterocycles. The minimum Gasteiger partial charge on any atom is -0.166 e. The molecule has 2 rings (SSSR count). The van der Waals surface area contributed by atoms with Crippen molar-refractivity contribution in [3.05, 3.63) is 59.6 Å². The van der Waals surface area contributed by atoms with Crippen molar-refractivity contribution >= 4 is 17.0 Å². The highest BCUT2D eigenvalue weighted by atomic mass is 32.1. The fourth-order valence-corrected chi connectivity index (χ4v) is 1.85. The van der Waals surface area contributed by atoms with Crippen LogP contribution in [0.2, 0.25) is 0 Å². The molecule has 2 aromatic rings. The highest BCUT2D eigenvalue weighted by molar-refractivity contribution is 7.11. The Morgan fingerprint density at radius 1 is 1.15 bits per heavy atom. The molecule has 0 saturated carbocycles. The lowest BCUT2D eigenvalue weighted by Crippen LogP contribution is -2.30. The van der Waals surface area contributed by atoms with E-state index in [-0.39, 0.29) is 0 Å². The third-order valence-electron chi connectivity index (χ3n) is 1.83. The first kappa shape index (κ1) is 8.20. The van der Waals surface area contributed by atoms with E-state index in [4.69, 9.17) is 0 Å². The normalized spacial score (nSPS) is 9.85. The molecule has 0 bridgehead atoms. The molecule has 0 spiro atoms. The zero-order valence-corrected chi connectivity index (χ0v) is 8.00. The van der Waals surface area contributed by atoms with Crippen LogP contribution in [0.4, 0.5) is 0 Å². The molecule has 0 atom stereocenters. The van der Waals surface area contributed by atoms with Gasteiger partial charge in [0.15, 0.2) is 12.4 Å². The highest BCUT2D eigenvalue weighted by Gasteiger charge is 2.08. The predicted octanol–water partition coefficient (Wildman–Crippen LogP) is 2.55. The van der Waals surface area contributed by atoms with Gasteiger partial charge in [-0.05, 0) is 18.0 Å². The van der Waals surface area contributed by atoms with Crippen LogP contribution in [0.3, 0.4) is 0 Å². The van der Waals surface area contributed by atoms with Crippen LogP contribution >= 0.6 is 11.3 Å². The Hall–Kier alpha value is -1.41. The quantitative estimate of drug-likeness (QED) is 0.638. The van der Waals surface area contributed by atoms with E-state index in [0.29, 0.717) is 0 Å². The first-order chi connectivity index (χ1) is 6.38. The summed E-state index contributed by atoms with van der Waals surface area (Å²) in [5.41, 5.74) is 1.02. The molecule has 2 heteroatoms. The van der Waals surface area contributed by atoms with Gasteiger partial charge in [0, 0.05) is 12.1 Å². The lowest BCUT2D eigenvalue weighted by atomic mass is 10.3. The van der Waals surface area contributed by atoms with Crippen molar-refractivity contribution in [1.82, 2.24) is 0 Å². The molecule has 2 heterocycles. The maximum Gasteiger partial charge on any atom is 0.220 e. The molecule has 0 aliphatic rings. The molecular weight excluding hydrogens is 178 g/mol. The van der Waals surface area contributed by atoms with Crippen LogP contribution in [0.5, 0.6) is 0 Å². The summed E-state index contributed by atoms with van der Waals surface area (Å²) in [6.07, 6.45) is 4.00. The van der Waals surface area contributed by atoms with Crippen LogP contribution in [0.1, 0.15) is 4.88 Å². The summed E-state index contributed by atoms with van der Waals surface area (Å²) in [5.74, 6) is 0. The summed E-state index contributed by atoms with van der Waals surface area (Å²) < 4.78 is 2.02. The minimum absolute atomic E-state index is 1.02. The summed E-state index contributed by atoms with van der Waals surface area (Å²) >= 11 is 1.71. The molecule has 0 unspecified atom stereocenters. The molecule has 13 heavy (non-hydrogen) atoms. The number of thiophene rings is 1. The van der Waals surface area contributed by atoms with Gasteiger partial charge in [-0.2, -0.15) is 4.57 Å². The van der Waals surface area contributed by atoms with Gasteiger partial charge in [0.1, 0.15) is 0 Å². The standard InChI is InChI=1S/C11H10NS/c1-10(11-6-5-9-13-11)12-7-3-2-4-8-12/h2-9H,1H2/q+1. The summed E-state index contributed by atoms with van der Waals surface area (Å²) in [6.45, 7) is 4.04. The average molecular weight is 188 g/mol. The van der Waals surface area contributed by atoms with E-state index in [2.05, 4.69) is 18.0 Å². The topological polar surface area (TPSA) is 3.88 Å². The Kier molecular flexibility index (Phi) is 2.23. The molecular formula is C11H10NS+. The molecule has 64 valence electrons. The number of aromatic nitrogens is 1. The Balaban J connectivity index is 2.34. The second-order valence-electron chi connectivity index (χ2n) is 2.71. The molecule has 0 aliphatic heterocycles. The van der Waals surface area contributed by atoms with E-state index in [0.717, 1.165) is 5.70 Å². The number of hydrogen-bond donors (Lipinski definition) is 0. The molecule has 0 amide bonds. The van der Waals surface area contributed by atoms with Crippen molar-refractivity contribution in [1.29, 1.82) is 0 Å². The van der Waals surface area contributed by atoms with Crippen molar-refractivity contribution in [2.24, 2.45) is 0 Å². The van der Waals surface area contributed by atoms with E-state index < -0.39 is 0 Å². The molecule has 0 fully saturated rings. The number of pyridine rings is 1. The number of rotatable bonds is 2. The van der Waals surface area contributed by atoms with Crippen LogP contribution in [0, 0.1) is 0 Å². The van der Waals surface area contributed by atoms with Crippen LogP contribution in [-0.2, 0) is 0 Å². The Bertz CT molecular complexity index is 389. The summed E-state index contributed by atoms with van der Waals surface area (Å²) in [6, 6.07) is 10.1. The molecule has 0 aliphatic carbocycles. The second-order valence-corrected chi connectivity index (χ2v) is 3.65. The Labute approximate surface area is 81.6 Å². The van der Waals surface area contributed by atoms with Gasteiger partial charge in [0.05, 0.1) is 4.88 Å². The highest BCUT2D eigenvalue weighted by Crippen LogP contribution is 2.15.